The van der Waals surface area contributed by atoms with Crippen LogP contribution in [0.2, 0.25) is 0 Å². The zero-order chi connectivity index (χ0) is 17.6. The van der Waals surface area contributed by atoms with Gasteiger partial charge in [0.15, 0.2) is 17.6 Å². The number of amides is 3. The van der Waals surface area contributed by atoms with Crippen molar-refractivity contribution < 1.29 is 19.1 Å². The molecule has 1 atom stereocenters. The van der Waals surface area contributed by atoms with Gasteiger partial charge in [-0.15, -0.1) is 0 Å². The third kappa shape index (κ3) is 4.55. The Morgan fingerprint density at radius 1 is 1.36 bits per heavy atom. The molecule has 2 aliphatic heterocycles. The van der Waals surface area contributed by atoms with Crippen molar-refractivity contribution >= 4 is 11.9 Å². The molecule has 25 heavy (non-hydrogen) atoms. The van der Waals surface area contributed by atoms with Crippen LogP contribution in [0.5, 0.6) is 11.5 Å². The largest absolute Gasteiger partial charge is 0.486 e. The molecule has 0 bridgehead atoms. The Morgan fingerprint density at radius 2 is 2.16 bits per heavy atom. The van der Waals surface area contributed by atoms with E-state index in [4.69, 9.17) is 9.47 Å². The van der Waals surface area contributed by atoms with Crippen molar-refractivity contribution in [2.45, 2.75) is 25.4 Å². The number of carbonyl (C=O) groups is 2. The Hall–Kier alpha value is -2.44. The fourth-order valence-electron chi connectivity index (χ4n) is 3.08. The van der Waals surface area contributed by atoms with Crippen LogP contribution < -0.4 is 14.8 Å². The number of fused-ring (bicyclic) bond motifs is 1. The molecule has 2 heterocycles. The van der Waals surface area contributed by atoms with Crippen LogP contribution in [-0.2, 0) is 4.79 Å². The molecule has 1 aromatic rings. The molecule has 1 N–H and O–H groups in total. The van der Waals surface area contributed by atoms with Crippen LogP contribution in [0, 0.1) is 0 Å². The van der Waals surface area contributed by atoms with E-state index in [-0.39, 0.29) is 18.0 Å². The second kappa shape index (κ2) is 8.09. The number of benzene rings is 1. The Balaban J connectivity index is 1.36. The molecule has 0 saturated carbocycles. The number of hydrogen-bond acceptors (Lipinski definition) is 4. The van der Waals surface area contributed by atoms with Crippen molar-refractivity contribution in [1.82, 2.24) is 15.1 Å². The van der Waals surface area contributed by atoms with E-state index in [9.17, 15) is 9.59 Å². The molecule has 1 saturated heterocycles. The summed E-state index contributed by atoms with van der Waals surface area (Å²) in [5, 5.41) is 2.88. The predicted octanol–water partition coefficient (Wildman–Crippen LogP) is 1.48. The van der Waals surface area contributed by atoms with Crippen LogP contribution in [0.4, 0.5) is 4.79 Å². The molecule has 7 heteroatoms. The van der Waals surface area contributed by atoms with Gasteiger partial charge >= 0.3 is 6.03 Å². The zero-order valence-corrected chi connectivity index (χ0v) is 14.6. The van der Waals surface area contributed by atoms with E-state index in [1.807, 2.05) is 29.2 Å². The first kappa shape index (κ1) is 17.4. The maximum Gasteiger partial charge on any atom is 0.317 e. The lowest BCUT2D eigenvalue weighted by Gasteiger charge is -2.29. The van der Waals surface area contributed by atoms with E-state index in [0.29, 0.717) is 38.4 Å². The van der Waals surface area contributed by atoms with Gasteiger partial charge in [0.05, 0.1) is 6.54 Å². The molecular weight excluding hydrogens is 322 g/mol. The number of urea groups is 1. The maximum atomic E-state index is 12.2. The molecule has 7 nitrogen and oxygen atoms in total. The van der Waals surface area contributed by atoms with Gasteiger partial charge < -0.3 is 24.6 Å². The molecule has 0 spiro atoms. The van der Waals surface area contributed by atoms with Crippen LogP contribution in [0.25, 0.3) is 0 Å². The summed E-state index contributed by atoms with van der Waals surface area (Å²) in [6, 6.07) is 7.38. The number of likely N-dealkylation sites (tertiary alicyclic amines) is 1. The zero-order valence-electron chi connectivity index (χ0n) is 14.6. The number of carbonyl (C=O) groups excluding carboxylic acids is 2. The Kier molecular flexibility index (Phi) is 5.63. The number of para-hydroxylation sites is 2. The summed E-state index contributed by atoms with van der Waals surface area (Å²) in [4.78, 5) is 27.1. The summed E-state index contributed by atoms with van der Waals surface area (Å²) in [5.41, 5.74) is 0. The Morgan fingerprint density at radius 3 is 2.92 bits per heavy atom. The molecule has 1 aromatic carbocycles. The molecule has 3 rings (SSSR count). The molecule has 3 amide bonds. The summed E-state index contributed by atoms with van der Waals surface area (Å²) in [6.07, 6.45) is 2.18. The normalized spacial score (nSPS) is 19.0. The van der Waals surface area contributed by atoms with E-state index in [1.165, 1.54) is 0 Å². The van der Waals surface area contributed by atoms with Gasteiger partial charge in [-0.05, 0) is 25.0 Å². The van der Waals surface area contributed by atoms with Crippen LogP contribution in [0.15, 0.2) is 24.3 Å². The van der Waals surface area contributed by atoms with E-state index >= 15 is 0 Å². The van der Waals surface area contributed by atoms with Gasteiger partial charge in [0, 0.05) is 33.1 Å². The highest BCUT2D eigenvalue weighted by molar-refractivity contribution is 5.78. The summed E-state index contributed by atoms with van der Waals surface area (Å²) < 4.78 is 11.5. The molecule has 0 aromatic heterocycles. The van der Waals surface area contributed by atoms with E-state index in [1.54, 1.807) is 11.9 Å². The highest BCUT2D eigenvalue weighted by Crippen LogP contribution is 2.30. The lowest BCUT2D eigenvalue weighted by Crippen LogP contribution is -2.46. The minimum absolute atomic E-state index is 0.143. The highest BCUT2D eigenvalue weighted by Gasteiger charge is 2.24. The van der Waals surface area contributed by atoms with Crippen LogP contribution in [0.3, 0.4) is 0 Å². The maximum absolute atomic E-state index is 12.2. The van der Waals surface area contributed by atoms with E-state index in [0.717, 1.165) is 25.1 Å². The fraction of sp³-hybridized carbons (Fsp3) is 0.556. The number of nitrogens with one attached hydrogen (secondary N) is 1. The van der Waals surface area contributed by atoms with Crippen molar-refractivity contribution in [2.75, 3.05) is 39.8 Å². The average molecular weight is 347 g/mol. The first-order chi connectivity index (χ1) is 12.1. The topological polar surface area (TPSA) is 71.1 Å². The highest BCUT2D eigenvalue weighted by atomic mass is 16.6. The van der Waals surface area contributed by atoms with Gasteiger partial charge in [-0.3, -0.25) is 4.79 Å². The van der Waals surface area contributed by atoms with Gasteiger partial charge in [0.25, 0.3) is 0 Å². The Bertz CT molecular complexity index is 622. The first-order valence-corrected chi connectivity index (χ1v) is 8.78. The number of ether oxygens (including phenoxy) is 2. The number of hydrogen-bond donors (Lipinski definition) is 1. The van der Waals surface area contributed by atoms with Gasteiger partial charge in [-0.25, -0.2) is 4.79 Å². The SMILES string of the molecule is CN(C[C@H]1COc2ccccc2O1)C(=O)NCCCN1CCCC1=O. The van der Waals surface area contributed by atoms with Crippen molar-refractivity contribution in [2.24, 2.45) is 0 Å². The van der Waals surface area contributed by atoms with Crippen molar-refractivity contribution in [3.63, 3.8) is 0 Å². The Labute approximate surface area is 147 Å². The monoisotopic (exact) mass is 347 g/mol. The van der Waals surface area contributed by atoms with Crippen LogP contribution in [-0.4, -0.2) is 67.7 Å². The van der Waals surface area contributed by atoms with Crippen LogP contribution in [0.1, 0.15) is 19.3 Å². The summed E-state index contributed by atoms with van der Waals surface area (Å²) in [7, 11) is 1.74. The minimum atomic E-state index is -0.187. The third-order valence-electron chi connectivity index (χ3n) is 4.44. The van der Waals surface area contributed by atoms with Crippen LogP contribution >= 0.6 is 0 Å². The number of rotatable bonds is 6. The second-order valence-corrected chi connectivity index (χ2v) is 6.45. The minimum Gasteiger partial charge on any atom is -0.486 e. The predicted molar refractivity (Wildman–Crippen MR) is 92.8 cm³/mol. The number of nitrogens with zero attached hydrogens (tertiary/aromatic N) is 2. The summed E-state index contributed by atoms with van der Waals surface area (Å²) in [6.45, 7) is 2.97. The molecule has 0 radical (unpaired) electrons. The van der Waals surface area contributed by atoms with E-state index < -0.39 is 0 Å². The quantitative estimate of drug-likeness (QED) is 0.792. The third-order valence-corrected chi connectivity index (χ3v) is 4.44. The molecule has 0 aliphatic carbocycles. The molecule has 136 valence electrons. The van der Waals surface area contributed by atoms with E-state index in [2.05, 4.69) is 5.32 Å². The smallest absolute Gasteiger partial charge is 0.317 e. The summed E-state index contributed by atoms with van der Waals surface area (Å²) >= 11 is 0. The van der Waals surface area contributed by atoms with Gasteiger partial charge in [0.2, 0.25) is 5.91 Å². The van der Waals surface area contributed by atoms with Gasteiger partial charge in [0.1, 0.15) is 6.61 Å². The second-order valence-electron chi connectivity index (χ2n) is 6.45. The van der Waals surface area contributed by atoms with Crippen molar-refractivity contribution in [1.29, 1.82) is 0 Å². The standard InChI is InChI=1S/C18H25N3O4/c1-20(12-14-13-24-15-6-2-3-7-16(15)25-14)18(23)19-9-5-11-21-10-4-8-17(21)22/h2-3,6-7,14H,4-5,8-13H2,1H3,(H,19,23)/t14-/m0/s1. The summed E-state index contributed by atoms with van der Waals surface area (Å²) in [5.74, 6) is 1.67. The lowest BCUT2D eigenvalue weighted by molar-refractivity contribution is -0.127. The molecular formula is C18H25N3O4. The van der Waals surface area contributed by atoms with Gasteiger partial charge in [-0.2, -0.15) is 0 Å². The molecule has 1 fully saturated rings. The molecule has 0 unspecified atom stereocenters. The van der Waals surface area contributed by atoms with Crippen molar-refractivity contribution in [3.05, 3.63) is 24.3 Å². The lowest BCUT2D eigenvalue weighted by atomic mass is 10.2. The van der Waals surface area contributed by atoms with Crippen molar-refractivity contribution in [3.8, 4) is 11.5 Å². The average Bonchev–Trinajstić information content (AvgIpc) is 3.03. The van der Waals surface area contributed by atoms with Gasteiger partial charge in [-0.1, -0.05) is 12.1 Å². The molecule has 2 aliphatic rings. The fourth-order valence-corrected chi connectivity index (χ4v) is 3.08. The number of likely N-dealkylation sites (N-methyl/N-ethyl adjacent to an activating group) is 1. The first-order valence-electron chi connectivity index (χ1n) is 8.78.